The topological polar surface area (TPSA) is 38.7 Å². The Morgan fingerprint density at radius 3 is 2.45 bits per heavy atom. The standard InChI is InChI=1S/C30H54O3/c1-6-8-17-32-23-14-15-29(4)22(19-23)10-11-24-26-13-12-25(21(3)9-7-2)30(26,5)28(20-27(24)29)33-18-16-31/h21-28,31H,6-20H2,1-5H3/t21-,22-,23-,24+,25-,26+,27+,28+,29+,30-/m1/s1. The molecule has 33 heavy (non-hydrogen) atoms. The van der Waals surface area contributed by atoms with Gasteiger partial charge in [0.25, 0.3) is 0 Å². The van der Waals surface area contributed by atoms with Gasteiger partial charge in [-0.25, -0.2) is 0 Å². The molecule has 0 aliphatic heterocycles. The van der Waals surface area contributed by atoms with Gasteiger partial charge in [0.2, 0.25) is 0 Å². The second kappa shape index (κ2) is 10.9. The van der Waals surface area contributed by atoms with E-state index in [9.17, 15) is 5.11 Å². The third-order valence-electron chi connectivity index (χ3n) is 11.5. The molecule has 192 valence electrons. The Labute approximate surface area is 204 Å². The maximum absolute atomic E-state index is 9.63. The van der Waals surface area contributed by atoms with Crippen LogP contribution in [0.3, 0.4) is 0 Å². The van der Waals surface area contributed by atoms with Crippen molar-refractivity contribution < 1.29 is 14.6 Å². The summed E-state index contributed by atoms with van der Waals surface area (Å²) in [6.45, 7) is 14.0. The first-order valence-electron chi connectivity index (χ1n) is 14.7. The Hall–Kier alpha value is -0.120. The molecule has 4 aliphatic carbocycles. The van der Waals surface area contributed by atoms with Crippen molar-refractivity contribution in [3.05, 3.63) is 0 Å². The number of hydrogen-bond acceptors (Lipinski definition) is 3. The molecule has 4 fully saturated rings. The summed E-state index contributed by atoms with van der Waals surface area (Å²) in [5.74, 6) is 4.85. The van der Waals surface area contributed by atoms with Gasteiger partial charge in [0, 0.05) is 6.61 Å². The van der Waals surface area contributed by atoms with Crippen molar-refractivity contribution in [1.29, 1.82) is 0 Å². The largest absolute Gasteiger partial charge is 0.394 e. The zero-order valence-corrected chi connectivity index (χ0v) is 22.5. The van der Waals surface area contributed by atoms with Gasteiger partial charge in [-0.1, -0.05) is 53.9 Å². The molecule has 3 heteroatoms. The first-order chi connectivity index (χ1) is 15.9. The molecule has 0 aromatic rings. The van der Waals surface area contributed by atoms with Crippen LogP contribution >= 0.6 is 0 Å². The van der Waals surface area contributed by atoms with Crippen molar-refractivity contribution in [2.45, 2.75) is 124 Å². The van der Waals surface area contributed by atoms with Gasteiger partial charge >= 0.3 is 0 Å². The first-order valence-corrected chi connectivity index (χ1v) is 14.7. The van der Waals surface area contributed by atoms with Gasteiger partial charge in [0.15, 0.2) is 0 Å². The number of unbranched alkanes of at least 4 members (excludes halogenated alkanes) is 1. The van der Waals surface area contributed by atoms with E-state index >= 15 is 0 Å². The Morgan fingerprint density at radius 1 is 0.909 bits per heavy atom. The Balaban J connectivity index is 1.54. The molecule has 0 aromatic heterocycles. The number of aliphatic hydroxyl groups is 1. The third kappa shape index (κ3) is 4.69. The van der Waals surface area contributed by atoms with Gasteiger partial charge in [0.05, 0.1) is 25.4 Å². The zero-order chi connectivity index (χ0) is 23.6. The van der Waals surface area contributed by atoms with E-state index in [0.29, 0.717) is 24.2 Å². The van der Waals surface area contributed by atoms with Gasteiger partial charge in [-0.05, 0) is 104 Å². The van der Waals surface area contributed by atoms with Crippen LogP contribution in [0.25, 0.3) is 0 Å². The van der Waals surface area contributed by atoms with Crippen molar-refractivity contribution >= 4 is 0 Å². The number of hydrogen-bond donors (Lipinski definition) is 1. The quantitative estimate of drug-likeness (QED) is 0.347. The Bertz CT molecular complexity index is 622. The molecule has 0 amide bonds. The molecule has 0 bridgehead atoms. The summed E-state index contributed by atoms with van der Waals surface area (Å²) in [7, 11) is 0. The predicted octanol–water partition coefficient (Wildman–Crippen LogP) is 7.25. The maximum Gasteiger partial charge on any atom is 0.0701 e. The molecule has 10 atom stereocenters. The summed E-state index contributed by atoms with van der Waals surface area (Å²) >= 11 is 0. The molecule has 4 saturated carbocycles. The van der Waals surface area contributed by atoms with Crippen LogP contribution in [-0.4, -0.2) is 37.1 Å². The Morgan fingerprint density at radius 2 is 1.73 bits per heavy atom. The minimum absolute atomic E-state index is 0.150. The van der Waals surface area contributed by atoms with Crippen molar-refractivity contribution in [2.75, 3.05) is 19.8 Å². The van der Waals surface area contributed by atoms with E-state index in [1.54, 1.807) is 0 Å². The van der Waals surface area contributed by atoms with Crippen LogP contribution in [0.2, 0.25) is 0 Å². The summed E-state index contributed by atoms with van der Waals surface area (Å²) in [5, 5.41) is 9.63. The normalized spacial score (nSPS) is 45.8. The van der Waals surface area contributed by atoms with E-state index in [2.05, 4.69) is 34.6 Å². The van der Waals surface area contributed by atoms with Crippen molar-refractivity contribution in [3.8, 4) is 0 Å². The average molecular weight is 463 g/mol. The Kier molecular flexibility index (Phi) is 8.55. The van der Waals surface area contributed by atoms with Crippen LogP contribution in [0.5, 0.6) is 0 Å². The minimum atomic E-state index is 0.150. The summed E-state index contributed by atoms with van der Waals surface area (Å²) in [4.78, 5) is 0. The number of fused-ring (bicyclic) bond motifs is 5. The molecule has 4 rings (SSSR count). The lowest BCUT2D eigenvalue weighted by molar-refractivity contribution is -0.194. The number of rotatable bonds is 10. The fourth-order valence-electron chi connectivity index (χ4n) is 9.76. The molecular weight excluding hydrogens is 408 g/mol. The highest BCUT2D eigenvalue weighted by atomic mass is 16.5. The van der Waals surface area contributed by atoms with E-state index in [-0.39, 0.29) is 12.0 Å². The molecule has 0 saturated heterocycles. The second-order valence-corrected chi connectivity index (χ2v) is 12.9. The van der Waals surface area contributed by atoms with E-state index in [1.165, 1.54) is 77.0 Å². The van der Waals surface area contributed by atoms with Crippen LogP contribution in [-0.2, 0) is 9.47 Å². The van der Waals surface area contributed by atoms with Crippen molar-refractivity contribution in [2.24, 2.45) is 46.3 Å². The minimum Gasteiger partial charge on any atom is -0.394 e. The van der Waals surface area contributed by atoms with Crippen molar-refractivity contribution in [3.63, 3.8) is 0 Å². The van der Waals surface area contributed by atoms with Crippen molar-refractivity contribution in [1.82, 2.24) is 0 Å². The third-order valence-corrected chi connectivity index (χ3v) is 11.5. The highest BCUT2D eigenvalue weighted by molar-refractivity contribution is 5.13. The molecule has 3 nitrogen and oxygen atoms in total. The van der Waals surface area contributed by atoms with Crippen LogP contribution in [0, 0.1) is 46.3 Å². The monoisotopic (exact) mass is 462 g/mol. The molecule has 0 radical (unpaired) electrons. The zero-order valence-electron chi connectivity index (χ0n) is 22.5. The highest BCUT2D eigenvalue weighted by Gasteiger charge is 2.64. The van der Waals surface area contributed by atoms with Gasteiger partial charge in [-0.3, -0.25) is 0 Å². The molecule has 0 unspecified atom stereocenters. The molecule has 0 aromatic carbocycles. The average Bonchev–Trinajstić information content (AvgIpc) is 3.16. The molecule has 4 aliphatic rings. The van der Waals surface area contributed by atoms with E-state index in [0.717, 1.165) is 42.1 Å². The lowest BCUT2D eigenvalue weighted by Crippen LogP contribution is -2.59. The predicted molar refractivity (Wildman–Crippen MR) is 136 cm³/mol. The van der Waals surface area contributed by atoms with Gasteiger partial charge in [-0.2, -0.15) is 0 Å². The number of aliphatic hydroxyl groups excluding tert-OH is 1. The van der Waals surface area contributed by atoms with E-state index in [4.69, 9.17) is 9.47 Å². The smallest absolute Gasteiger partial charge is 0.0701 e. The van der Waals surface area contributed by atoms with E-state index < -0.39 is 0 Å². The van der Waals surface area contributed by atoms with Crippen LogP contribution in [0.4, 0.5) is 0 Å². The van der Waals surface area contributed by atoms with Gasteiger partial charge < -0.3 is 14.6 Å². The SMILES string of the molecule is CCCCO[C@@H]1CC[C@@]2(C)[C@H](CC[C@@H]3[C@@H]2C[C@H](OCCO)[C@]2(C)[C@@H]([C@H](C)CCC)CC[C@@H]32)C1. The van der Waals surface area contributed by atoms with Gasteiger partial charge in [-0.15, -0.1) is 0 Å². The summed E-state index contributed by atoms with van der Waals surface area (Å²) in [6.07, 6.45) is 16.6. The fourth-order valence-corrected chi connectivity index (χ4v) is 9.76. The van der Waals surface area contributed by atoms with Crippen LogP contribution in [0.1, 0.15) is 112 Å². The summed E-state index contributed by atoms with van der Waals surface area (Å²) in [5.41, 5.74) is 0.734. The van der Waals surface area contributed by atoms with Gasteiger partial charge in [0.1, 0.15) is 0 Å². The van der Waals surface area contributed by atoms with Crippen LogP contribution in [0.15, 0.2) is 0 Å². The summed E-state index contributed by atoms with van der Waals surface area (Å²) < 4.78 is 12.9. The lowest BCUT2D eigenvalue weighted by atomic mass is 9.43. The second-order valence-electron chi connectivity index (χ2n) is 12.9. The van der Waals surface area contributed by atoms with Crippen LogP contribution < -0.4 is 0 Å². The maximum atomic E-state index is 9.63. The first kappa shape index (κ1) is 26.0. The molecule has 0 heterocycles. The van der Waals surface area contributed by atoms with E-state index in [1.807, 2.05) is 0 Å². The highest BCUT2D eigenvalue weighted by Crippen LogP contribution is 2.69. The molecule has 1 N–H and O–H groups in total. The fraction of sp³-hybridized carbons (Fsp3) is 1.00. The molecule has 0 spiro atoms. The lowest BCUT2D eigenvalue weighted by Gasteiger charge is -2.63. The number of ether oxygens (including phenoxy) is 2. The summed E-state index contributed by atoms with van der Waals surface area (Å²) in [6, 6.07) is 0. The molecular formula is C30H54O3.